The number of nitrogens with one attached hydrogen (secondary N) is 1. The van der Waals surface area contributed by atoms with E-state index in [1.165, 1.54) is 0 Å². The van der Waals surface area contributed by atoms with Gasteiger partial charge in [-0.05, 0) is 13.5 Å². The molecule has 0 amide bonds. The molecule has 9 heavy (non-hydrogen) atoms. The van der Waals surface area contributed by atoms with Crippen LogP contribution in [0.1, 0.15) is 6.42 Å². The van der Waals surface area contributed by atoms with E-state index in [9.17, 15) is 4.39 Å². The first-order chi connectivity index (χ1) is 4.41. The second kappa shape index (κ2) is 7.85. The first-order valence-electron chi connectivity index (χ1n) is 3.20. The fourth-order valence-corrected chi connectivity index (χ4v) is 0.433. The average Bonchev–Trinajstić information content (AvgIpc) is 1.89. The van der Waals surface area contributed by atoms with Crippen LogP contribution in [-0.4, -0.2) is 33.5 Å². The highest BCUT2D eigenvalue weighted by Gasteiger charge is 1.85. The van der Waals surface area contributed by atoms with Crippen LogP contribution in [0, 0.1) is 0 Å². The van der Waals surface area contributed by atoms with Gasteiger partial charge in [-0.2, -0.15) is 0 Å². The molecule has 0 saturated carbocycles. The van der Waals surface area contributed by atoms with Gasteiger partial charge >= 0.3 is 0 Å². The number of alkyl halides is 1. The molecular formula is C6H14FNO. The van der Waals surface area contributed by atoms with E-state index in [2.05, 4.69) is 5.32 Å². The standard InChI is InChI=1S/C6H14FNO/c1-8-4-6-9-5-2-3-7/h8H,2-6H2,1H3. The van der Waals surface area contributed by atoms with E-state index in [-0.39, 0.29) is 6.67 Å². The maximum absolute atomic E-state index is 11.4. The lowest BCUT2D eigenvalue weighted by atomic mass is 10.5. The molecule has 1 N–H and O–H groups in total. The zero-order valence-corrected chi connectivity index (χ0v) is 5.82. The summed E-state index contributed by atoms with van der Waals surface area (Å²) in [6.07, 6.45) is 0.518. The topological polar surface area (TPSA) is 21.3 Å². The molecule has 3 heteroatoms. The molecule has 0 heterocycles. The van der Waals surface area contributed by atoms with Gasteiger partial charge in [0.15, 0.2) is 0 Å². The predicted octanol–water partition coefficient (Wildman–Crippen LogP) is 0.582. The Morgan fingerprint density at radius 1 is 1.44 bits per heavy atom. The van der Waals surface area contributed by atoms with E-state index in [1.807, 2.05) is 7.05 Å². The van der Waals surface area contributed by atoms with Crippen molar-refractivity contribution in [3.05, 3.63) is 0 Å². The molecule has 56 valence electrons. The van der Waals surface area contributed by atoms with Crippen LogP contribution < -0.4 is 5.32 Å². The number of ether oxygens (including phenoxy) is 1. The van der Waals surface area contributed by atoms with Crippen LogP contribution in [0.15, 0.2) is 0 Å². The minimum atomic E-state index is -0.278. The summed E-state index contributed by atoms with van der Waals surface area (Å²) in [5.41, 5.74) is 0. The molecule has 0 bridgehead atoms. The monoisotopic (exact) mass is 135 g/mol. The molecule has 0 aromatic rings. The van der Waals surface area contributed by atoms with Gasteiger partial charge in [0.25, 0.3) is 0 Å². The minimum absolute atomic E-state index is 0.278. The fraction of sp³-hybridized carbons (Fsp3) is 1.00. The minimum Gasteiger partial charge on any atom is -0.380 e. The Balaban J connectivity index is 2.60. The van der Waals surface area contributed by atoms with Crippen LogP contribution in [0.3, 0.4) is 0 Å². The summed E-state index contributed by atoms with van der Waals surface area (Å²) < 4.78 is 16.4. The molecular weight excluding hydrogens is 121 g/mol. The molecule has 0 aliphatic heterocycles. The van der Waals surface area contributed by atoms with E-state index >= 15 is 0 Å². The van der Waals surface area contributed by atoms with Gasteiger partial charge in [0.05, 0.1) is 13.3 Å². The van der Waals surface area contributed by atoms with Crippen molar-refractivity contribution in [2.75, 3.05) is 33.5 Å². The molecule has 0 radical (unpaired) electrons. The second-order valence-electron chi connectivity index (χ2n) is 1.76. The third-order valence-electron chi connectivity index (χ3n) is 0.919. The number of likely N-dealkylation sites (N-methyl/N-ethyl adjacent to an activating group) is 1. The molecule has 0 unspecified atom stereocenters. The van der Waals surface area contributed by atoms with Gasteiger partial charge in [0, 0.05) is 13.2 Å². The molecule has 0 aromatic heterocycles. The van der Waals surface area contributed by atoms with E-state index in [4.69, 9.17) is 4.74 Å². The van der Waals surface area contributed by atoms with Crippen molar-refractivity contribution in [3.8, 4) is 0 Å². The summed E-state index contributed by atoms with van der Waals surface area (Å²) in [5.74, 6) is 0. The SMILES string of the molecule is CNCCOCCCF. The zero-order valence-electron chi connectivity index (χ0n) is 5.82. The summed E-state index contributed by atoms with van der Waals surface area (Å²) in [6, 6.07) is 0. The molecule has 0 atom stereocenters. The van der Waals surface area contributed by atoms with E-state index in [0.717, 1.165) is 6.54 Å². The molecule has 0 aromatic carbocycles. The Labute approximate surface area is 55.4 Å². The van der Waals surface area contributed by atoms with Gasteiger partial charge in [0.2, 0.25) is 0 Å². The van der Waals surface area contributed by atoms with Crippen LogP contribution >= 0.6 is 0 Å². The summed E-state index contributed by atoms with van der Waals surface area (Å²) in [4.78, 5) is 0. The van der Waals surface area contributed by atoms with Gasteiger partial charge in [-0.15, -0.1) is 0 Å². The van der Waals surface area contributed by atoms with Gasteiger partial charge < -0.3 is 10.1 Å². The molecule has 0 saturated heterocycles. The molecule has 0 aliphatic carbocycles. The third-order valence-corrected chi connectivity index (χ3v) is 0.919. The van der Waals surface area contributed by atoms with Crippen molar-refractivity contribution in [2.45, 2.75) is 6.42 Å². The van der Waals surface area contributed by atoms with Crippen LogP contribution in [0.4, 0.5) is 4.39 Å². The average molecular weight is 135 g/mol. The molecule has 0 aliphatic rings. The highest BCUT2D eigenvalue weighted by Crippen LogP contribution is 1.81. The van der Waals surface area contributed by atoms with Crippen molar-refractivity contribution in [3.63, 3.8) is 0 Å². The largest absolute Gasteiger partial charge is 0.380 e. The summed E-state index contributed by atoms with van der Waals surface area (Å²) in [5, 5.41) is 2.93. The first-order valence-corrected chi connectivity index (χ1v) is 3.20. The quantitative estimate of drug-likeness (QED) is 0.538. The van der Waals surface area contributed by atoms with Crippen LogP contribution in [0.25, 0.3) is 0 Å². The lowest BCUT2D eigenvalue weighted by molar-refractivity contribution is 0.129. The summed E-state index contributed by atoms with van der Waals surface area (Å²) >= 11 is 0. The molecule has 0 spiro atoms. The maximum Gasteiger partial charge on any atom is 0.0916 e. The third kappa shape index (κ3) is 7.85. The lowest BCUT2D eigenvalue weighted by Crippen LogP contribution is -2.14. The van der Waals surface area contributed by atoms with Crippen molar-refractivity contribution in [2.24, 2.45) is 0 Å². The van der Waals surface area contributed by atoms with Gasteiger partial charge in [0.1, 0.15) is 0 Å². The van der Waals surface area contributed by atoms with Gasteiger partial charge in [-0.25, -0.2) is 0 Å². The molecule has 0 rings (SSSR count). The Morgan fingerprint density at radius 2 is 2.22 bits per heavy atom. The molecule has 2 nitrogen and oxygen atoms in total. The summed E-state index contributed by atoms with van der Waals surface area (Å²) in [6.45, 7) is 1.78. The van der Waals surface area contributed by atoms with Gasteiger partial charge in [-0.1, -0.05) is 0 Å². The smallest absolute Gasteiger partial charge is 0.0916 e. The zero-order chi connectivity index (χ0) is 6.95. The van der Waals surface area contributed by atoms with Crippen molar-refractivity contribution in [1.82, 2.24) is 5.32 Å². The van der Waals surface area contributed by atoms with Crippen molar-refractivity contribution in [1.29, 1.82) is 0 Å². The van der Waals surface area contributed by atoms with Crippen LogP contribution in [0.5, 0.6) is 0 Å². The second-order valence-corrected chi connectivity index (χ2v) is 1.76. The Hall–Kier alpha value is -0.150. The summed E-state index contributed by atoms with van der Waals surface area (Å²) in [7, 11) is 1.86. The number of halogens is 1. The van der Waals surface area contributed by atoms with Crippen LogP contribution in [-0.2, 0) is 4.74 Å². The number of hydrogen-bond acceptors (Lipinski definition) is 2. The predicted molar refractivity (Wildman–Crippen MR) is 35.3 cm³/mol. The number of rotatable bonds is 6. The first kappa shape index (κ1) is 8.85. The van der Waals surface area contributed by atoms with E-state index in [1.54, 1.807) is 0 Å². The normalized spacial score (nSPS) is 10.0. The fourth-order valence-electron chi connectivity index (χ4n) is 0.433. The highest BCUT2D eigenvalue weighted by atomic mass is 19.1. The maximum atomic E-state index is 11.4. The number of hydrogen-bond donors (Lipinski definition) is 1. The van der Waals surface area contributed by atoms with Crippen molar-refractivity contribution < 1.29 is 9.13 Å². The molecule has 0 fully saturated rings. The van der Waals surface area contributed by atoms with Crippen LogP contribution in [0.2, 0.25) is 0 Å². The van der Waals surface area contributed by atoms with E-state index in [0.29, 0.717) is 19.6 Å². The Bertz CT molecular complexity index is 46.3. The van der Waals surface area contributed by atoms with Gasteiger partial charge in [-0.3, -0.25) is 4.39 Å². The Kier molecular flexibility index (Phi) is 7.72. The Morgan fingerprint density at radius 3 is 2.78 bits per heavy atom. The van der Waals surface area contributed by atoms with E-state index < -0.39 is 0 Å². The lowest BCUT2D eigenvalue weighted by Gasteiger charge is -1.99. The van der Waals surface area contributed by atoms with Crippen molar-refractivity contribution >= 4 is 0 Å². The highest BCUT2D eigenvalue weighted by molar-refractivity contribution is 4.36.